The van der Waals surface area contributed by atoms with Crippen molar-refractivity contribution in [3.05, 3.63) is 28.2 Å². The zero-order valence-corrected chi connectivity index (χ0v) is 12.2. The summed E-state index contributed by atoms with van der Waals surface area (Å²) in [7, 11) is 0. The second kappa shape index (κ2) is 4.86. The largest absolute Gasteiger partial charge is 0.489 e. The topological polar surface area (TPSA) is 35.2 Å². The molecule has 2 aliphatic rings. The van der Waals surface area contributed by atoms with E-state index in [4.69, 9.17) is 10.5 Å². The Morgan fingerprint density at radius 2 is 1.89 bits per heavy atom. The monoisotopic (exact) mass is 309 g/mol. The van der Waals surface area contributed by atoms with Gasteiger partial charge in [-0.05, 0) is 65.7 Å². The molecule has 0 spiro atoms. The summed E-state index contributed by atoms with van der Waals surface area (Å²) >= 11 is 3.62. The van der Waals surface area contributed by atoms with Gasteiger partial charge in [0.25, 0.3) is 0 Å². The first-order chi connectivity index (χ1) is 8.67. The summed E-state index contributed by atoms with van der Waals surface area (Å²) in [5, 5.41) is 0. The third-order valence-corrected chi connectivity index (χ3v) is 4.97. The first kappa shape index (κ1) is 12.5. The minimum absolute atomic E-state index is 0.114. The van der Waals surface area contributed by atoms with Crippen molar-refractivity contribution in [1.82, 2.24) is 0 Å². The second-order valence-electron chi connectivity index (χ2n) is 5.68. The van der Waals surface area contributed by atoms with Gasteiger partial charge in [0.1, 0.15) is 5.75 Å². The minimum Gasteiger partial charge on any atom is -0.489 e. The highest BCUT2D eigenvalue weighted by Gasteiger charge is 2.31. The van der Waals surface area contributed by atoms with Gasteiger partial charge >= 0.3 is 0 Å². The van der Waals surface area contributed by atoms with E-state index >= 15 is 0 Å². The van der Waals surface area contributed by atoms with Crippen molar-refractivity contribution in [2.24, 2.45) is 5.73 Å². The maximum Gasteiger partial charge on any atom is 0.133 e. The molecule has 18 heavy (non-hydrogen) atoms. The summed E-state index contributed by atoms with van der Waals surface area (Å²) in [5.74, 6) is 0.963. The van der Waals surface area contributed by atoms with Gasteiger partial charge in [-0.3, -0.25) is 0 Å². The second-order valence-corrected chi connectivity index (χ2v) is 6.53. The summed E-state index contributed by atoms with van der Waals surface area (Å²) in [6, 6.07) is 6.37. The number of nitrogens with two attached hydrogens (primary N) is 1. The summed E-state index contributed by atoms with van der Waals surface area (Å²) in [6.45, 7) is 0. The van der Waals surface area contributed by atoms with E-state index in [1.807, 2.05) is 0 Å². The van der Waals surface area contributed by atoms with Crippen LogP contribution in [-0.4, -0.2) is 6.10 Å². The molecular weight excluding hydrogens is 290 g/mol. The Balaban J connectivity index is 1.79. The lowest BCUT2D eigenvalue weighted by Crippen LogP contribution is -2.33. The number of hydrogen-bond donors (Lipinski definition) is 1. The van der Waals surface area contributed by atoms with Crippen LogP contribution in [0.3, 0.4) is 0 Å². The van der Waals surface area contributed by atoms with Gasteiger partial charge < -0.3 is 10.5 Å². The molecule has 0 saturated heterocycles. The van der Waals surface area contributed by atoms with Crippen LogP contribution in [0.15, 0.2) is 22.7 Å². The third kappa shape index (κ3) is 2.30. The molecule has 2 saturated carbocycles. The summed E-state index contributed by atoms with van der Waals surface area (Å²) in [6.07, 6.45) is 8.79. The van der Waals surface area contributed by atoms with Gasteiger partial charge in [0, 0.05) is 5.54 Å². The predicted octanol–water partition coefficient (Wildman–Crippen LogP) is 4.11. The van der Waals surface area contributed by atoms with Crippen LogP contribution in [0.25, 0.3) is 0 Å². The van der Waals surface area contributed by atoms with Crippen LogP contribution < -0.4 is 10.5 Å². The predicted molar refractivity (Wildman–Crippen MR) is 76.7 cm³/mol. The molecule has 0 atom stereocenters. The van der Waals surface area contributed by atoms with E-state index in [-0.39, 0.29) is 5.54 Å². The van der Waals surface area contributed by atoms with Crippen LogP contribution in [0.4, 0.5) is 0 Å². The lowest BCUT2D eigenvalue weighted by atomic mass is 9.89. The molecular formula is C15H20BrNO. The van der Waals surface area contributed by atoms with E-state index in [0.29, 0.717) is 6.10 Å². The fraction of sp³-hybridized carbons (Fsp3) is 0.600. The van der Waals surface area contributed by atoms with Crippen molar-refractivity contribution in [1.29, 1.82) is 0 Å². The average molecular weight is 310 g/mol. The Labute approximate surface area is 117 Å². The summed E-state index contributed by atoms with van der Waals surface area (Å²) < 4.78 is 6.99. The Morgan fingerprint density at radius 3 is 2.44 bits per heavy atom. The molecule has 0 heterocycles. The van der Waals surface area contributed by atoms with Gasteiger partial charge in [0.15, 0.2) is 0 Å². The van der Waals surface area contributed by atoms with Gasteiger partial charge in [0.05, 0.1) is 10.6 Å². The summed E-state index contributed by atoms with van der Waals surface area (Å²) in [5.41, 5.74) is 7.61. The molecule has 2 aliphatic carbocycles. The van der Waals surface area contributed by atoms with Crippen LogP contribution in [0.2, 0.25) is 0 Å². The van der Waals surface area contributed by atoms with Crippen LogP contribution in [0, 0.1) is 0 Å². The van der Waals surface area contributed by atoms with Gasteiger partial charge in [-0.2, -0.15) is 0 Å². The van der Waals surface area contributed by atoms with Crippen molar-refractivity contribution in [3.63, 3.8) is 0 Å². The van der Waals surface area contributed by atoms with Crippen molar-refractivity contribution in [2.45, 2.75) is 56.6 Å². The molecule has 0 amide bonds. The van der Waals surface area contributed by atoms with E-state index < -0.39 is 0 Å². The zero-order chi connectivity index (χ0) is 12.6. The van der Waals surface area contributed by atoms with Crippen LogP contribution in [-0.2, 0) is 5.54 Å². The van der Waals surface area contributed by atoms with Gasteiger partial charge in [0.2, 0.25) is 0 Å². The number of hydrogen-bond acceptors (Lipinski definition) is 2. The van der Waals surface area contributed by atoms with E-state index in [9.17, 15) is 0 Å². The normalized spacial score (nSPS) is 22.8. The molecule has 0 aromatic heterocycles. The fourth-order valence-electron chi connectivity index (χ4n) is 2.87. The molecule has 1 aromatic carbocycles. The van der Waals surface area contributed by atoms with Crippen molar-refractivity contribution in [2.75, 3.05) is 0 Å². The van der Waals surface area contributed by atoms with Crippen molar-refractivity contribution < 1.29 is 4.74 Å². The Hall–Kier alpha value is -0.540. The maximum atomic E-state index is 6.48. The first-order valence-electron chi connectivity index (χ1n) is 6.93. The molecule has 3 heteroatoms. The Morgan fingerprint density at radius 1 is 1.17 bits per heavy atom. The quantitative estimate of drug-likeness (QED) is 0.912. The number of benzene rings is 1. The molecule has 0 unspecified atom stereocenters. The molecule has 98 valence electrons. The van der Waals surface area contributed by atoms with Crippen molar-refractivity contribution in [3.8, 4) is 5.75 Å². The molecule has 1 aromatic rings. The van der Waals surface area contributed by atoms with Gasteiger partial charge in [-0.15, -0.1) is 0 Å². The van der Waals surface area contributed by atoms with Crippen LogP contribution in [0.1, 0.15) is 50.5 Å². The number of halogens is 1. The van der Waals surface area contributed by atoms with E-state index in [1.165, 1.54) is 37.7 Å². The molecule has 0 aliphatic heterocycles. The van der Waals surface area contributed by atoms with E-state index in [1.54, 1.807) is 0 Å². The smallest absolute Gasteiger partial charge is 0.133 e. The molecule has 2 N–H and O–H groups in total. The standard InChI is InChI=1S/C15H20BrNO/c16-13-10-11(15(17)8-1-2-9-15)6-7-14(13)18-12-4-3-5-12/h6-7,10,12H,1-5,8-9,17H2. The van der Waals surface area contributed by atoms with E-state index in [0.717, 1.165) is 23.1 Å². The SMILES string of the molecule is NC1(c2ccc(OC3CCC3)c(Br)c2)CCCC1. The Kier molecular flexibility index (Phi) is 3.37. The highest BCUT2D eigenvalue weighted by atomic mass is 79.9. The Bertz CT molecular complexity index is 436. The van der Waals surface area contributed by atoms with Crippen molar-refractivity contribution >= 4 is 15.9 Å². The maximum absolute atomic E-state index is 6.48. The molecule has 0 radical (unpaired) electrons. The molecule has 2 fully saturated rings. The van der Waals surface area contributed by atoms with Gasteiger partial charge in [-0.1, -0.05) is 18.9 Å². The zero-order valence-electron chi connectivity index (χ0n) is 10.6. The fourth-order valence-corrected chi connectivity index (χ4v) is 3.34. The highest BCUT2D eigenvalue weighted by Crippen LogP contribution is 2.39. The number of rotatable bonds is 3. The van der Waals surface area contributed by atoms with Crippen LogP contribution >= 0.6 is 15.9 Å². The third-order valence-electron chi connectivity index (χ3n) is 4.35. The molecule has 0 bridgehead atoms. The van der Waals surface area contributed by atoms with Crippen LogP contribution in [0.5, 0.6) is 5.75 Å². The van der Waals surface area contributed by atoms with Gasteiger partial charge in [-0.25, -0.2) is 0 Å². The highest BCUT2D eigenvalue weighted by molar-refractivity contribution is 9.10. The molecule has 2 nitrogen and oxygen atoms in total. The lowest BCUT2D eigenvalue weighted by Gasteiger charge is -2.28. The lowest BCUT2D eigenvalue weighted by molar-refractivity contribution is 0.119. The number of ether oxygens (including phenoxy) is 1. The average Bonchev–Trinajstić information content (AvgIpc) is 2.73. The minimum atomic E-state index is -0.114. The molecule has 3 rings (SSSR count). The summed E-state index contributed by atoms with van der Waals surface area (Å²) in [4.78, 5) is 0. The first-order valence-corrected chi connectivity index (χ1v) is 7.72. The van der Waals surface area contributed by atoms with E-state index in [2.05, 4.69) is 34.1 Å².